The maximum Gasteiger partial charge on any atom is 0.287 e. The lowest BCUT2D eigenvalue weighted by molar-refractivity contribution is -0.384. The highest BCUT2D eigenvalue weighted by Gasteiger charge is 2.13. The van der Waals surface area contributed by atoms with E-state index >= 15 is 0 Å². The van der Waals surface area contributed by atoms with E-state index in [-0.39, 0.29) is 22.7 Å². The van der Waals surface area contributed by atoms with Crippen LogP contribution >= 0.6 is 11.6 Å². The van der Waals surface area contributed by atoms with E-state index in [0.29, 0.717) is 6.54 Å². The Morgan fingerprint density at radius 3 is 2.94 bits per heavy atom. The Morgan fingerprint density at radius 2 is 2.41 bits per heavy atom. The predicted molar refractivity (Wildman–Crippen MR) is 64.3 cm³/mol. The Kier molecular flexibility index (Phi) is 4.96. The SMILES string of the molecule is CC(Cl)CCCNC(=O)c1cc([N+](=O)[O-])c[nH]1. The zero-order chi connectivity index (χ0) is 12.8. The van der Waals surface area contributed by atoms with Gasteiger partial charge >= 0.3 is 0 Å². The molecule has 0 radical (unpaired) electrons. The third-order valence-electron chi connectivity index (χ3n) is 2.19. The molecule has 1 unspecified atom stereocenters. The summed E-state index contributed by atoms with van der Waals surface area (Å²) < 4.78 is 0. The van der Waals surface area contributed by atoms with E-state index in [4.69, 9.17) is 11.6 Å². The third-order valence-corrected chi connectivity index (χ3v) is 2.41. The largest absolute Gasteiger partial charge is 0.351 e. The van der Waals surface area contributed by atoms with Crippen molar-refractivity contribution < 1.29 is 9.72 Å². The summed E-state index contributed by atoms with van der Waals surface area (Å²) in [7, 11) is 0. The number of amides is 1. The van der Waals surface area contributed by atoms with Crippen LogP contribution < -0.4 is 5.32 Å². The number of nitro groups is 1. The van der Waals surface area contributed by atoms with Crippen molar-refractivity contribution in [2.45, 2.75) is 25.1 Å². The van der Waals surface area contributed by atoms with Crippen molar-refractivity contribution in [3.8, 4) is 0 Å². The van der Waals surface area contributed by atoms with Crippen LogP contribution in [0.2, 0.25) is 0 Å². The van der Waals surface area contributed by atoms with E-state index in [0.717, 1.165) is 12.8 Å². The van der Waals surface area contributed by atoms with E-state index in [9.17, 15) is 14.9 Å². The number of halogens is 1. The van der Waals surface area contributed by atoms with Gasteiger partial charge in [0.15, 0.2) is 0 Å². The molecule has 0 aromatic carbocycles. The summed E-state index contributed by atoms with van der Waals surface area (Å²) in [6, 6.07) is 1.21. The number of carbonyl (C=O) groups is 1. The summed E-state index contributed by atoms with van der Waals surface area (Å²) in [6.07, 6.45) is 2.78. The van der Waals surface area contributed by atoms with E-state index in [1.807, 2.05) is 6.92 Å². The first-order chi connectivity index (χ1) is 8.00. The minimum Gasteiger partial charge on any atom is -0.351 e. The molecule has 1 aromatic heterocycles. The van der Waals surface area contributed by atoms with Crippen LogP contribution in [0.15, 0.2) is 12.3 Å². The molecule has 1 atom stereocenters. The Hall–Kier alpha value is -1.56. The molecule has 0 saturated heterocycles. The van der Waals surface area contributed by atoms with Crippen molar-refractivity contribution >= 4 is 23.2 Å². The van der Waals surface area contributed by atoms with Gasteiger partial charge in [0.05, 0.1) is 11.1 Å². The fraction of sp³-hybridized carbons (Fsp3) is 0.500. The fourth-order valence-electron chi connectivity index (χ4n) is 1.30. The molecule has 0 fully saturated rings. The molecule has 1 aromatic rings. The zero-order valence-corrected chi connectivity index (χ0v) is 10.2. The van der Waals surface area contributed by atoms with Gasteiger partial charge in [0.2, 0.25) is 0 Å². The second-order valence-corrected chi connectivity index (χ2v) is 4.45. The highest BCUT2D eigenvalue weighted by molar-refractivity contribution is 6.20. The van der Waals surface area contributed by atoms with Crippen LogP contribution in [0.5, 0.6) is 0 Å². The standard InChI is InChI=1S/C10H14ClN3O3/c1-7(11)3-2-4-12-10(15)9-5-8(6-13-9)14(16)17/h5-7,13H,2-4H2,1H3,(H,12,15). The Morgan fingerprint density at radius 1 is 1.71 bits per heavy atom. The maximum absolute atomic E-state index is 11.5. The molecule has 0 bridgehead atoms. The number of aromatic nitrogens is 1. The first-order valence-corrected chi connectivity index (χ1v) is 5.69. The molecule has 0 spiro atoms. The summed E-state index contributed by atoms with van der Waals surface area (Å²) in [5.41, 5.74) is 0.0696. The quantitative estimate of drug-likeness (QED) is 0.355. The number of carbonyl (C=O) groups excluding carboxylic acids is 1. The molecule has 0 saturated carbocycles. The predicted octanol–water partition coefficient (Wildman–Crippen LogP) is 2.06. The first-order valence-electron chi connectivity index (χ1n) is 5.25. The summed E-state index contributed by atoms with van der Waals surface area (Å²) in [6.45, 7) is 2.39. The molecule has 1 heterocycles. The number of aromatic amines is 1. The Labute approximate surface area is 103 Å². The monoisotopic (exact) mass is 259 g/mol. The van der Waals surface area contributed by atoms with Gasteiger partial charge in [-0.1, -0.05) is 0 Å². The van der Waals surface area contributed by atoms with Crippen LogP contribution in [0.25, 0.3) is 0 Å². The minimum absolute atomic E-state index is 0.0819. The number of rotatable bonds is 6. The molecule has 0 aliphatic heterocycles. The first kappa shape index (κ1) is 13.5. The average Bonchev–Trinajstić information content (AvgIpc) is 2.73. The van der Waals surface area contributed by atoms with Crippen molar-refractivity contribution in [3.63, 3.8) is 0 Å². The van der Waals surface area contributed by atoms with Crippen LogP contribution in [0, 0.1) is 10.1 Å². The second-order valence-electron chi connectivity index (χ2n) is 3.71. The summed E-state index contributed by atoms with van der Waals surface area (Å²) >= 11 is 5.75. The van der Waals surface area contributed by atoms with E-state index < -0.39 is 4.92 Å². The normalized spacial score (nSPS) is 12.1. The van der Waals surface area contributed by atoms with Crippen LogP contribution in [0.3, 0.4) is 0 Å². The van der Waals surface area contributed by atoms with Crippen LogP contribution in [-0.2, 0) is 0 Å². The van der Waals surface area contributed by atoms with Crippen molar-refractivity contribution in [1.82, 2.24) is 10.3 Å². The molecule has 7 heteroatoms. The Balaban J connectivity index is 2.39. The fourth-order valence-corrected chi connectivity index (χ4v) is 1.45. The van der Waals surface area contributed by atoms with Gasteiger partial charge in [0.25, 0.3) is 11.6 Å². The highest BCUT2D eigenvalue weighted by atomic mass is 35.5. The minimum atomic E-state index is -0.553. The molecule has 94 valence electrons. The smallest absolute Gasteiger partial charge is 0.287 e. The van der Waals surface area contributed by atoms with Crippen LogP contribution in [0.1, 0.15) is 30.3 Å². The lowest BCUT2D eigenvalue weighted by Crippen LogP contribution is -2.25. The van der Waals surface area contributed by atoms with Gasteiger partial charge in [-0.2, -0.15) is 0 Å². The van der Waals surface area contributed by atoms with Gasteiger partial charge in [0.1, 0.15) is 5.69 Å². The number of alkyl halides is 1. The van der Waals surface area contributed by atoms with Crippen LogP contribution in [0.4, 0.5) is 5.69 Å². The van der Waals surface area contributed by atoms with E-state index in [1.165, 1.54) is 12.3 Å². The molecular formula is C10H14ClN3O3. The molecular weight excluding hydrogens is 246 g/mol. The van der Waals surface area contributed by atoms with Gasteiger partial charge in [0, 0.05) is 18.0 Å². The van der Waals surface area contributed by atoms with Crippen molar-refractivity contribution in [2.75, 3.05) is 6.54 Å². The van der Waals surface area contributed by atoms with Crippen molar-refractivity contribution in [2.24, 2.45) is 0 Å². The average molecular weight is 260 g/mol. The van der Waals surface area contributed by atoms with Gasteiger partial charge in [-0.25, -0.2) is 0 Å². The second kappa shape index (κ2) is 6.24. The number of H-pyrrole nitrogens is 1. The summed E-state index contributed by atoms with van der Waals surface area (Å²) in [5.74, 6) is -0.347. The van der Waals surface area contributed by atoms with Gasteiger partial charge < -0.3 is 10.3 Å². The molecule has 6 nitrogen and oxygen atoms in total. The van der Waals surface area contributed by atoms with Gasteiger partial charge in [-0.3, -0.25) is 14.9 Å². The van der Waals surface area contributed by atoms with Gasteiger partial charge in [-0.05, 0) is 19.8 Å². The third kappa shape index (κ3) is 4.44. The Bertz CT molecular complexity index is 403. The van der Waals surface area contributed by atoms with E-state index in [1.54, 1.807) is 0 Å². The number of hydrogen-bond acceptors (Lipinski definition) is 3. The summed E-state index contributed by atoms with van der Waals surface area (Å²) in [4.78, 5) is 23.9. The van der Waals surface area contributed by atoms with E-state index in [2.05, 4.69) is 10.3 Å². The molecule has 0 aliphatic rings. The highest BCUT2D eigenvalue weighted by Crippen LogP contribution is 2.11. The molecule has 2 N–H and O–H groups in total. The van der Waals surface area contributed by atoms with Gasteiger partial charge in [-0.15, -0.1) is 11.6 Å². The molecule has 1 rings (SSSR count). The molecule has 0 aliphatic carbocycles. The number of nitrogens with zero attached hydrogens (tertiary/aromatic N) is 1. The lowest BCUT2D eigenvalue weighted by atomic mass is 10.2. The maximum atomic E-state index is 11.5. The number of nitrogens with one attached hydrogen (secondary N) is 2. The summed E-state index contributed by atoms with van der Waals surface area (Å²) in [5, 5.41) is 13.1. The topological polar surface area (TPSA) is 88.0 Å². The molecule has 17 heavy (non-hydrogen) atoms. The molecule has 1 amide bonds. The lowest BCUT2D eigenvalue weighted by Gasteiger charge is -2.04. The van der Waals surface area contributed by atoms with Crippen molar-refractivity contribution in [3.05, 3.63) is 28.1 Å². The number of hydrogen-bond donors (Lipinski definition) is 2. The van der Waals surface area contributed by atoms with Crippen molar-refractivity contribution in [1.29, 1.82) is 0 Å². The van der Waals surface area contributed by atoms with Crippen LogP contribution in [-0.4, -0.2) is 27.7 Å². The zero-order valence-electron chi connectivity index (χ0n) is 9.40.